The number of likely N-dealkylation sites (tertiary alicyclic amines) is 1. The summed E-state index contributed by atoms with van der Waals surface area (Å²) in [6.07, 6.45) is 2.33. The number of amides is 1. The van der Waals surface area contributed by atoms with Crippen LogP contribution >= 0.6 is 0 Å². The number of hydrogen-bond donors (Lipinski definition) is 1. The first-order chi connectivity index (χ1) is 15.6. The van der Waals surface area contributed by atoms with Gasteiger partial charge in [-0.05, 0) is 60.7 Å². The van der Waals surface area contributed by atoms with Gasteiger partial charge in [0.1, 0.15) is 0 Å². The Balaban J connectivity index is 1.31. The van der Waals surface area contributed by atoms with Gasteiger partial charge in [-0.15, -0.1) is 0 Å². The van der Waals surface area contributed by atoms with E-state index in [1.807, 2.05) is 60.7 Å². The fourth-order valence-corrected chi connectivity index (χ4v) is 4.38. The number of benzene rings is 3. The second-order valence-corrected chi connectivity index (χ2v) is 8.49. The van der Waals surface area contributed by atoms with Gasteiger partial charge in [-0.3, -0.25) is 9.69 Å². The predicted molar refractivity (Wildman–Crippen MR) is 122 cm³/mol. The van der Waals surface area contributed by atoms with Crippen LogP contribution in [0.25, 0.3) is 0 Å². The summed E-state index contributed by atoms with van der Waals surface area (Å²) in [4.78, 5) is 15.1. The molecule has 1 aliphatic rings. The molecule has 3 aromatic rings. The number of hydrogen-bond acceptors (Lipinski definition) is 2. The van der Waals surface area contributed by atoms with E-state index in [-0.39, 0.29) is 11.9 Å². The standard InChI is InChI=1S/C27H28F2N2O/c28-24-12-11-21(17-25(24)29)19-31-15-13-20(14-16-31)18-26(32)30-27(22-7-3-1-4-8-22)23-9-5-2-6-10-23/h1-12,17,20,27H,13-16,18-19H2,(H,30,32). The van der Waals surface area contributed by atoms with Gasteiger partial charge in [0, 0.05) is 13.0 Å². The van der Waals surface area contributed by atoms with Crippen molar-refractivity contribution in [3.63, 3.8) is 0 Å². The summed E-state index contributed by atoms with van der Waals surface area (Å²) in [5.74, 6) is -1.24. The largest absolute Gasteiger partial charge is 0.345 e. The van der Waals surface area contributed by atoms with Gasteiger partial charge >= 0.3 is 0 Å². The number of nitrogens with one attached hydrogen (secondary N) is 1. The predicted octanol–water partition coefficient (Wildman–Crippen LogP) is 5.47. The molecule has 1 aliphatic heterocycles. The van der Waals surface area contributed by atoms with E-state index in [0.717, 1.165) is 42.6 Å². The zero-order valence-corrected chi connectivity index (χ0v) is 18.0. The topological polar surface area (TPSA) is 32.3 Å². The van der Waals surface area contributed by atoms with Crippen LogP contribution in [0.15, 0.2) is 78.9 Å². The van der Waals surface area contributed by atoms with Crippen LogP contribution in [0, 0.1) is 17.6 Å². The smallest absolute Gasteiger partial charge is 0.221 e. The maximum atomic E-state index is 13.5. The first kappa shape index (κ1) is 22.2. The molecule has 0 atom stereocenters. The van der Waals surface area contributed by atoms with Crippen LogP contribution in [0.5, 0.6) is 0 Å². The Morgan fingerprint density at radius 2 is 1.47 bits per heavy atom. The Hall–Kier alpha value is -3.05. The summed E-state index contributed by atoms with van der Waals surface area (Å²) in [6, 6.07) is 23.9. The van der Waals surface area contributed by atoms with Crippen molar-refractivity contribution in [1.82, 2.24) is 10.2 Å². The van der Waals surface area contributed by atoms with Crippen molar-refractivity contribution in [2.45, 2.75) is 31.8 Å². The van der Waals surface area contributed by atoms with Gasteiger partial charge in [0.2, 0.25) is 5.91 Å². The highest BCUT2D eigenvalue weighted by Crippen LogP contribution is 2.25. The average Bonchev–Trinajstić information content (AvgIpc) is 2.82. The van der Waals surface area contributed by atoms with E-state index in [4.69, 9.17) is 0 Å². The Morgan fingerprint density at radius 1 is 0.875 bits per heavy atom. The summed E-state index contributed by atoms with van der Waals surface area (Å²) >= 11 is 0. The number of piperidine rings is 1. The van der Waals surface area contributed by atoms with E-state index in [1.54, 1.807) is 6.07 Å². The van der Waals surface area contributed by atoms with Crippen molar-refractivity contribution in [3.8, 4) is 0 Å². The third kappa shape index (κ3) is 5.80. The fraction of sp³-hybridized carbons (Fsp3) is 0.296. The number of carbonyl (C=O) groups is 1. The molecule has 3 nitrogen and oxygen atoms in total. The van der Waals surface area contributed by atoms with Crippen molar-refractivity contribution in [2.24, 2.45) is 5.92 Å². The molecule has 4 rings (SSSR count). The van der Waals surface area contributed by atoms with Gasteiger partial charge in [-0.1, -0.05) is 66.7 Å². The van der Waals surface area contributed by atoms with Crippen molar-refractivity contribution >= 4 is 5.91 Å². The van der Waals surface area contributed by atoms with Crippen molar-refractivity contribution in [3.05, 3.63) is 107 Å². The zero-order chi connectivity index (χ0) is 22.3. The van der Waals surface area contributed by atoms with Gasteiger partial charge in [-0.2, -0.15) is 0 Å². The lowest BCUT2D eigenvalue weighted by atomic mass is 9.92. The van der Waals surface area contributed by atoms with E-state index >= 15 is 0 Å². The minimum absolute atomic E-state index is 0.0572. The number of rotatable bonds is 7. The van der Waals surface area contributed by atoms with Gasteiger partial charge in [-0.25, -0.2) is 8.78 Å². The Kier molecular flexibility index (Phi) is 7.28. The minimum Gasteiger partial charge on any atom is -0.345 e. The summed E-state index contributed by atoms with van der Waals surface area (Å²) < 4.78 is 26.6. The van der Waals surface area contributed by atoms with Gasteiger partial charge in [0.25, 0.3) is 0 Å². The van der Waals surface area contributed by atoms with Gasteiger partial charge in [0.15, 0.2) is 11.6 Å². The second kappa shape index (κ2) is 10.5. The summed E-state index contributed by atoms with van der Waals surface area (Å²) in [6.45, 7) is 2.29. The Morgan fingerprint density at radius 3 is 2.03 bits per heavy atom. The van der Waals surface area contributed by atoms with Crippen LogP contribution in [0.3, 0.4) is 0 Å². The van der Waals surface area contributed by atoms with E-state index in [0.29, 0.717) is 18.9 Å². The lowest BCUT2D eigenvalue weighted by molar-refractivity contribution is -0.122. The molecule has 1 heterocycles. The number of nitrogens with zero attached hydrogens (tertiary/aromatic N) is 1. The molecule has 1 saturated heterocycles. The molecule has 32 heavy (non-hydrogen) atoms. The molecule has 0 unspecified atom stereocenters. The third-order valence-corrected chi connectivity index (χ3v) is 6.14. The van der Waals surface area contributed by atoms with Crippen LogP contribution in [-0.4, -0.2) is 23.9 Å². The van der Waals surface area contributed by atoms with Crippen LogP contribution in [-0.2, 0) is 11.3 Å². The molecule has 166 valence electrons. The average molecular weight is 435 g/mol. The maximum Gasteiger partial charge on any atom is 0.221 e. The van der Waals surface area contributed by atoms with Gasteiger partial charge < -0.3 is 5.32 Å². The molecule has 3 aromatic carbocycles. The first-order valence-electron chi connectivity index (χ1n) is 11.1. The normalized spacial score (nSPS) is 15.1. The Bertz CT molecular complexity index is 979. The van der Waals surface area contributed by atoms with E-state index in [2.05, 4.69) is 10.2 Å². The van der Waals surface area contributed by atoms with Crippen LogP contribution < -0.4 is 5.32 Å². The lowest BCUT2D eigenvalue weighted by Crippen LogP contribution is -2.36. The zero-order valence-electron chi connectivity index (χ0n) is 18.0. The van der Waals surface area contributed by atoms with Crippen molar-refractivity contribution in [2.75, 3.05) is 13.1 Å². The minimum atomic E-state index is -0.817. The molecule has 0 bridgehead atoms. The molecule has 0 saturated carbocycles. The molecular formula is C27H28F2N2O. The fourth-order valence-electron chi connectivity index (χ4n) is 4.38. The number of carbonyl (C=O) groups excluding carboxylic acids is 1. The summed E-state index contributed by atoms with van der Waals surface area (Å²) in [5, 5.41) is 3.23. The highest BCUT2D eigenvalue weighted by atomic mass is 19.2. The molecule has 0 aromatic heterocycles. The summed E-state index contributed by atoms with van der Waals surface area (Å²) in [7, 11) is 0. The highest BCUT2D eigenvalue weighted by Gasteiger charge is 2.24. The molecular weight excluding hydrogens is 406 g/mol. The third-order valence-electron chi connectivity index (χ3n) is 6.14. The van der Waals surface area contributed by atoms with E-state index in [1.165, 1.54) is 12.1 Å². The molecule has 1 amide bonds. The number of halogens is 2. The Labute approximate surface area is 188 Å². The van der Waals surface area contributed by atoms with Crippen molar-refractivity contribution in [1.29, 1.82) is 0 Å². The van der Waals surface area contributed by atoms with Gasteiger partial charge in [0.05, 0.1) is 6.04 Å². The molecule has 1 fully saturated rings. The highest BCUT2D eigenvalue weighted by molar-refractivity contribution is 5.77. The molecule has 0 spiro atoms. The van der Waals surface area contributed by atoms with Crippen LogP contribution in [0.2, 0.25) is 0 Å². The SMILES string of the molecule is O=C(CC1CCN(Cc2ccc(F)c(F)c2)CC1)NC(c1ccccc1)c1ccccc1. The summed E-state index contributed by atoms with van der Waals surface area (Å²) in [5.41, 5.74) is 2.90. The molecule has 5 heteroatoms. The maximum absolute atomic E-state index is 13.5. The molecule has 1 N–H and O–H groups in total. The van der Waals surface area contributed by atoms with Crippen LogP contribution in [0.1, 0.15) is 42.0 Å². The van der Waals surface area contributed by atoms with Crippen LogP contribution in [0.4, 0.5) is 8.78 Å². The van der Waals surface area contributed by atoms with E-state index in [9.17, 15) is 13.6 Å². The first-order valence-corrected chi connectivity index (χ1v) is 11.1. The molecule has 0 aliphatic carbocycles. The quantitative estimate of drug-likeness (QED) is 0.535. The lowest BCUT2D eigenvalue weighted by Gasteiger charge is -2.32. The monoisotopic (exact) mass is 434 g/mol. The van der Waals surface area contributed by atoms with Crippen molar-refractivity contribution < 1.29 is 13.6 Å². The van der Waals surface area contributed by atoms with E-state index < -0.39 is 11.6 Å². The second-order valence-electron chi connectivity index (χ2n) is 8.49. The molecule has 0 radical (unpaired) electrons.